The lowest BCUT2D eigenvalue weighted by molar-refractivity contribution is 0.0816. The van der Waals surface area contributed by atoms with Gasteiger partial charge in [-0.3, -0.25) is 9.36 Å². The van der Waals surface area contributed by atoms with Crippen molar-refractivity contribution >= 4 is 22.5 Å². The van der Waals surface area contributed by atoms with Gasteiger partial charge in [-0.05, 0) is 12.5 Å². The highest BCUT2D eigenvalue weighted by Crippen LogP contribution is 2.27. The molecule has 0 saturated heterocycles. The Kier molecular flexibility index (Phi) is 2.60. The summed E-state index contributed by atoms with van der Waals surface area (Å²) < 4.78 is 3.82. The zero-order valence-electron chi connectivity index (χ0n) is 11.6. The van der Waals surface area contributed by atoms with E-state index in [1.54, 1.807) is 17.0 Å². The van der Waals surface area contributed by atoms with E-state index in [4.69, 9.17) is 5.73 Å². The number of benzene rings is 1. The van der Waals surface area contributed by atoms with Crippen molar-refractivity contribution in [2.45, 2.75) is 19.4 Å². The minimum atomic E-state index is -0.0323. The van der Waals surface area contributed by atoms with Gasteiger partial charge in [0.25, 0.3) is 0 Å². The van der Waals surface area contributed by atoms with E-state index in [1.165, 1.54) is 0 Å². The normalized spacial score (nSPS) is 17.8. The van der Waals surface area contributed by atoms with Gasteiger partial charge in [0.1, 0.15) is 5.82 Å². The summed E-state index contributed by atoms with van der Waals surface area (Å²) in [6.45, 7) is 0.848. The maximum Gasteiger partial charge on any atom is 0.234 e. The van der Waals surface area contributed by atoms with E-state index in [2.05, 4.69) is 9.55 Å². The maximum absolute atomic E-state index is 12.8. The number of para-hydroxylation sites is 1. The summed E-state index contributed by atoms with van der Waals surface area (Å²) in [4.78, 5) is 17.2. The number of aryl methyl sites for hydroxylation is 1. The number of hydrogen-bond donors (Lipinski definition) is 1. The van der Waals surface area contributed by atoms with Crippen LogP contribution in [0.5, 0.6) is 0 Å². The lowest BCUT2D eigenvalue weighted by Crippen LogP contribution is -2.29. The molecular formula is C16H16N4O. The molecule has 0 saturated carbocycles. The quantitative estimate of drug-likeness (QED) is 0.744. The van der Waals surface area contributed by atoms with E-state index in [0.29, 0.717) is 12.1 Å². The Labute approximate surface area is 122 Å². The van der Waals surface area contributed by atoms with Gasteiger partial charge in [-0.15, -0.1) is 0 Å². The Morgan fingerprint density at radius 3 is 3.10 bits per heavy atom. The first-order valence-electron chi connectivity index (χ1n) is 7.14. The summed E-state index contributed by atoms with van der Waals surface area (Å²) in [6.07, 6.45) is 7.05. The molecule has 106 valence electrons. The number of carbonyl (C=O) groups is 1. The van der Waals surface area contributed by atoms with Crippen molar-refractivity contribution < 1.29 is 4.79 Å². The Balaban J connectivity index is 1.71. The van der Waals surface area contributed by atoms with Gasteiger partial charge in [-0.1, -0.05) is 18.2 Å². The van der Waals surface area contributed by atoms with Crippen LogP contribution >= 0.6 is 0 Å². The second-order valence-corrected chi connectivity index (χ2v) is 5.54. The molecule has 2 N–H and O–H groups in total. The molecule has 0 amide bonds. The van der Waals surface area contributed by atoms with Gasteiger partial charge in [0.15, 0.2) is 0 Å². The standard InChI is InChI=1S/C16H16N4O/c17-13-10-20(14-4-2-1-3-12(13)14)16(21)11-5-7-19-8-6-18-15(19)9-11/h1-4,6,8,10-11H,5,7,9,17H2. The van der Waals surface area contributed by atoms with E-state index in [0.717, 1.165) is 29.7 Å². The molecule has 1 atom stereocenters. The number of hydrogen-bond acceptors (Lipinski definition) is 3. The zero-order valence-corrected chi connectivity index (χ0v) is 11.6. The highest BCUT2D eigenvalue weighted by molar-refractivity contribution is 5.99. The number of aromatic nitrogens is 3. The van der Waals surface area contributed by atoms with Crippen LogP contribution in [0.4, 0.5) is 5.69 Å². The Morgan fingerprint density at radius 1 is 1.33 bits per heavy atom. The summed E-state index contributed by atoms with van der Waals surface area (Å²) in [5.74, 6) is 1.07. The molecule has 21 heavy (non-hydrogen) atoms. The predicted molar refractivity (Wildman–Crippen MR) is 81.0 cm³/mol. The van der Waals surface area contributed by atoms with Gasteiger partial charge >= 0.3 is 0 Å². The molecule has 0 radical (unpaired) electrons. The van der Waals surface area contributed by atoms with Crippen LogP contribution in [-0.2, 0) is 13.0 Å². The second-order valence-electron chi connectivity index (χ2n) is 5.54. The van der Waals surface area contributed by atoms with Crippen molar-refractivity contribution in [2.24, 2.45) is 5.92 Å². The van der Waals surface area contributed by atoms with Gasteiger partial charge in [-0.25, -0.2) is 4.98 Å². The third kappa shape index (κ3) is 1.85. The summed E-state index contributed by atoms with van der Waals surface area (Å²) in [7, 11) is 0. The molecule has 1 unspecified atom stereocenters. The largest absolute Gasteiger partial charge is 0.397 e. The Hall–Kier alpha value is -2.56. The highest BCUT2D eigenvalue weighted by atomic mass is 16.2. The highest BCUT2D eigenvalue weighted by Gasteiger charge is 2.27. The smallest absolute Gasteiger partial charge is 0.234 e. The van der Waals surface area contributed by atoms with Crippen molar-refractivity contribution in [1.29, 1.82) is 0 Å². The summed E-state index contributed by atoms with van der Waals surface area (Å²) in [5, 5.41) is 0.933. The van der Waals surface area contributed by atoms with E-state index >= 15 is 0 Å². The molecule has 5 nitrogen and oxygen atoms in total. The average molecular weight is 280 g/mol. The van der Waals surface area contributed by atoms with Crippen molar-refractivity contribution in [3.05, 3.63) is 48.7 Å². The summed E-state index contributed by atoms with van der Waals surface area (Å²) in [6, 6.07) is 7.75. The van der Waals surface area contributed by atoms with E-state index < -0.39 is 0 Å². The molecule has 1 aliphatic heterocycles. The molecule has 3 heterocycles. The number of anilines is 1. The van der Waals surface area contributed by atoms with Gasteiger partial charge in [0.2, 0.25) is 5.91 Å². The fraction of sp³-hybridized carbons (Fsp3) is 0.250. The Morgan fingerprint density at radius 2 is 2.19 bits per heavy atom. The molecule has 0 bridgehead atoms. The molecule has 2 aromatic heterocycles. The third-order valence-corrected chi connectivity index (χ3v) is 4.28. The lowest BCUT2D eigenvalue weighted by atomic mass is 9.97. The second kappa shape index (κ2) is 4.48. The molecule has 4 rings (SSSR count). The van der Waals surface area contributed by atoms with Crippen LogP contribution in [0.1, 0.15) is 17.0 Å². The zero-order chi connectivity index (χ0) is 14.4. The van der Waals surface area contributed by atoms with Crippen LogP contribution in [0.3, 0.4) is 0 Å². The van der Waals surface area contributed by atoms with Crippen LogP contribution in [0.25, 0.3) is 10.9 Å². The molecule has 5 heteroatoms. The van der Waals surface area contributed by atoms with Crippen LogP contribution < -0.4 is 5.73 Å². The van der Waals surface area contributed by atoms with Crippen LogP contribution in [0.2, 0.25) is 0 Å². The van der Waals surface area contributed by atoms with Crippen LogP contribution in [-0.4, -0.2) is 20.0 Å². The maximum atomic E-state index is 12.8. The summed E-state index contributed by atoms with van der Waals surface area (Å²) in [5.41, 5.74) is 7.55. The van der Waals surface area contributed by atoms with Crippen molar-refractivity contribution in [3.8, 4) is 0 Å². The average Bonchev–Trinajstić information content (AvgIpc) is 3.11. The molecular weight excluding hydrogens is 264 g/mol. The molecule has 1 aromatic carbocycles. The monoisotopic (exact) mass is 280 g/mol. The number of nitrogens with two attached hydrogens (primary N) is 1. The molecule has 0 aliphatic carbocycles. The number of nitrogens with zero attached hydrogens (tertiary/aromatic N) is 3. The van der Waals surface area contributed by atoms with Crippen molar-refractivity contribution in [2.75, 3.05) is 5.73 Å². The van der Waals surface area contributed by atoms with Crippen LogP contribution in [0.15, 0.2) is 42.9 Å². The predicted octanol–water partition coefficient (Wildman–Crippen LogP) is 2.32. The number of nitrogen functional groups attached to an aromatic ring is 1. The number of rotatable bonds is 1. The fourth-order valence-electron chi connectivity index (χ4n) is 3.15. The first kappa shape index (κ1) is 12.2. The van der Waals surface area contributed by atoms with Crippen LogP contribution in [0, 0.1) is 5.92 Å². The van der Waals surface area contributed by atoms with Gasteiger partial charge in [0, 0.05) is 42.9 Å². The minimum absolute atomic E-state index is 0.0323. The Bertz CT molecular complexity index is 830. The van der Waals surface area contributed by atoms with Gasteiger partial charge in [0.05, 0.1) is 11.2 Å². The molecule has 0 fully saturated rings. The fourth-order valence-corrected chi connectivity index (χ4v) is 3.15. The molecule has 3 aromatic rings. The number of fused-ring (bicyclic) bond motifs is 2. The van der Waals surface area contributed by atoms with Gasteiger partial charge < -0.3 is 10.3 Å². The first-order chi connectivity index (χ1) is 10.2. The van der Waals surface area contributed by atoms with Crippen molar-refractivity contribution in [3.63, 3.8) is 0 Å². The van der Waals surface area contributed by atoms with Gasteiger partial charge in [-0.2, -0.15) is 0 Å². The molecule has 1 aliphatic rings. The first-order valence-corrected chi connectivity index (χ1v) is 7.14. The number of imidazole rings is 1. The number of carbonyl (C=O) groups excluding carboxylic acids is 1. The third-order valence-electron chi connectivity index (χ3n) is 4.28. The summed E-state index contributed by atoms with van der Waals surface area (Å²) >= 11 is 0. The van der Waals surface area contributed by atoms with E-state index in [9.17, 15) is 4.79 Å². The van der Waals surface area contributed by atoms with E-state index in [-0.39, 0.29) is 11.8 Å². The lowest BCUT2D eigenvalue weighted by Gasteiger charge is -2.22. The van der Waals surface area contributed by atoms with Crippen molar-refractivity contribution in [1.82, 2.24) is 14.1 Å². The van der Waals surface area contributed by atoms with E-state index in [1.807, 2.05) is 30.5 Å². The SMILES string of the molecule is Nc1cn(C(=O)C2CCn3ccnc3C2)c2ccccc12. The molecule has 0 spiro atoms. The minimum Gasteiger partial charge on any atom is -0.397 e. The topological polar surface area (TPSA) is 65.8 Å².